The predicted octanol–water partition coefficient (Wildman–Crippen LogP) is 1.34. The molecule has 4 rings (SSSR count). The maximum Gasteiger partial charge on any atom is 0.236 e. The van der Waals surface area contributed by atoms with E-state index in [1.807, 2.05) is 34.1 Å². The van der Waals surface area contributed by atoms with Gasteiger partial charge in [0.25, 0.3) is 0 Å². The number of fused-ring (bicyclic) bond motifs is 1. The average molecular weight is 399 g/mol. The largest absolute Gasteiger partial charge is 0.342 e. The molecule has 1 N–H and O–H groups in total. The maximum atomic E-state index is 12.6. The highest BCUT2D eigenvalue weighted by molar-refractivity contribution is 5.96. The van der Waals surface area contributed by atoms with Gasteiger partial charge in [0.1, 0.15) is 0 Å². The van der Waals surface area contributed by atoms with Crippen LogP contribution in [0.2, 0.25) is 0 Å². The van der Waals surface area contributed by atoms with Crippen LogP contribution in [0.5, 0.6) is 0 Å². The van der Waals surface area contributed by atoms with Crippen LogP contribution in [-0.2, 0) is 20.8 Å². The Morgan fingerprint density at radius 2 is 1.62 bits per heavy atom. The molecule has 7 nitrogen and oxygen atoms in total. The first-order chi connectivity index (χ1) is 14.1. The number of para-hydroxylation sites is 1. The number of hydrogen-bond acceptors (Lipinski definition) is 4. The number of nitrogens with one attached hydrogen (secondary N) is 1. The minimum Gasteiger partial charge on any atom is -0.342 e. The summed E-state index contributed by atoms with van der Waals surface area (Å²) < 4.78 is 0. The lowest BCUT2D eigenvalue weighted by molar-refractivity contribution is -0.135. The molecule has 2 saturated heterocycles. The molecule has 3 aliphatic rings. The second kappa shape index (κ2) is 8.95. The quantitative estimate of drug-likeness (QED) is 0.813. The van der Waals surface area contributed by atoms with Crippen molar-refractivity contribution in [3.63, 3.8) is 0 Å². The molecule has 3 heterocycles. The third-order valence-electron chi connectivity index (χ3n) is 6.36. The molecule has 1 aromatic rings. The van der Waals surface area contributed by atoms with Gasteiger partial charge in [-0.2, -0.15) is 0 Å². The van der Waals surface area contributed by atoms with Crippen LogP contribution in [0.1, 0.15) is 31.2 Å². The monoisotopic (exact) mass is 398 g/mol. The van der Waals surface area contributed by atoms with Gasteiger partial charge < -0.3 is 15.1 Å². The number of carbonyl (C=O) groups is 3. The predicted molar refractivity (Wildman–Crippen MR) is 110 cm³/mol. The smallest absolute Gasteiger partial charge is 0.236 e. The molecule has 2 fully saturated rings. The van der Waals surface area contributed by atoms with Crippen LogP contribution in [0.4, 0.5) is 5.69 Å². The highest BCUT2D eigenvalue weighted by atomic mass is 16.2. The SMILES string of the molecule is O=C1Nc2ccccc2CC1CCC(=O)N1CCN(CC(=O)N2CCCC2)CC1. The van der Waals surface area contributed by atoms with Crippen LogP contribution >= 0.6 is 0 Å². The molecule has 1 unspecified atom stereocenters. The number of rotatable bonds is 5. The first-order valence-corrected chi connectivity index (χ1v) is 10.8. The Balaban J connectivity index is 1.20. The third-order valence-corrected chi connectivity index (χ3v) is 6.36. The van der Waals surface area contributed by atoms with Gasteiger partial charge in [0.2, 0.25) is 17.7 Å². The second-order valence-corrected chi connectivity index (χ2v) is 8.33. The van der Waals surface area contributed by atoms with Gasteiger partial charge >= 0.3 is 0 Å². The molecule has 29 heavy (non-hydrogen) atoms. The molecule has 0 aromatic heterocycles. The van der Waals surface area contributed by atoms with Crippen molar-refractivity contribution in [2.45, 2.75) is 32.1 Å². The van der Waals surface area contributed by atoms with E-state index in [1.165, 1.54) is 0 Å². The van der Waals surface area contributed by atoms with Crippen LogP contribution in [0.3, 0.4) is 0 Å². The summed E-state index contributed by atoms with van der Waals surface area (Å²) in [6, 6.07) is 7.85. The zero-order valence-corrected chi connectivity index (χ0v) is 16.9. The van der Waals surface area contributed by atoms with Crippen LogP contribution in [0, 0.1) is 5.92 Å². The number of likely N-dealkylation sites (tertiary alicyclic amines) is 1. The van der Waals surface area contributed by atoms with Gasteiger partial charge in [-0.25, -0.2) is 0 Å². The molecule has 0 radical (unpaired) electrons. The third kappa shape index (κ3) is 4.78. The Kier molecular flexibility index (Phi) is 6.13. The number of hydrogen-bond donors (Lipinski definition) is 1. The lowest BCUT2D eigenvalue weighted by Gasteiger charge is -2.35. The fraction of sp³-hybridized carbons (Fsp3) is 0.591. The van der Waals surface area contributed by atoms with Crippen LogP contribution < -0.4 is 5.32 Å². The first kappa shape index (κ1) is 19.9. The van der Waals surface area contributed by atoms with E-state index < -0.39 is 0 Å². The molecule has 1 atom stereocenters. The lowest BCUT2D eigenvalue weighted by Crippen LogP contribution is -2.51. The van der Waals surface area contributed by atoms with Gasteiger partial charge in [0, 0.05) is 57.3 Å². The van der Waals surface area contributed by atoms with Crippen LogP contribution in [0.15, 0.2) is 24.3 Å². The van der Waals surface area contributed by atoms with E-state index in [1.54, 1.807) is 0 Å². The zero-order valence-electron chi connectivity index (χ0n) is 16.9. The Morgan fingerprint density at radius 3 is 2.38 bits per heavy atom. The molecule has 0 saturated carbocycles. The summed E-state index contributed by atoms with van der Waals surface area (Å²) >= 11 is 0. The maximum absolute atomic E-state index is 12.6. The zero-order chi connectivity index (χ0) is 20.2. The van der Waals surface area contributed by atoms with E-state index in [9.17, 15) is 14.4 Å². The van der Waals surface area contributed by atoms with Crippen molar-refractivity contribution in [1.82, 2.24) is 14.7 Å². The number of nitrogens with zero attached hydrogens (tertiary/aromatic N) is 3. The number of anilines is 1. The van der Waals surface area contributed by atoms with Gasteiger partial charge in [0.15, 0.2) is 0 Å². The molecule has 3 amide bonds. The Hall–Kier alpha value is -2.41. The fourth-order valence-corrected chi connectivity index (χ4v) is 4.52. The minimum atomic E-state index is -0.145. The fourth-order valence-electron chi connectivity index (χ4n) is 4.52. The van der Waals surface area contributed by atoms with Gasteiger partial charge in [-0.1, -0.05) is 18.2 Å². The topological polar surface area (TPSA) is 73.0 Å². The summed E-state index contributed by atoms with van der Waals surface area (Å²) in [4.78, 5) is 43.2. The standard InChI is InChI=1S/C22H30N4O3/c27-20(8-7-18-15-17-5-1-2-6-19(17)23-22(18)29)26-13-11-24(12-14-26)16-21(28)25-9-3-4-10-25/h1-2,5-6,18H,3-4,7-16H2,(H,23,29). The van der Waals surface area contributed by atoms with Gasteiger partial charge in [-0.3, -0.25) is 19.3 Å². The van der Waals surface area contributed by atoms with E-state index in [2.05, 4.69) is 10.2 Å². The minimum absolute atomic E-state index is 0.0155. The molecule has 1 aromatic carbocycles. The number of carbonyl (C=O) groups excluding carboxylic acids is 3. The van der Waals surface area contributed by atoms with E-state index in [4.69, 9.17) is 0 Å². The van der Waals surface area contributed by atoms with Crippen molar-refractivity contribution in [3.8, 4) is 0 Å². The van der Waals surface area contributed by atoms with Gasteiger partial charge in [0.05, 0.1) is 6.54 Å². The van der Waals surface area contributed by atoms with Gasteiger partial charge in [-0.05, 0) is 37.3 Å². The highest BCUT2D eigenvalue weighted by Crippen LogP contribution is 2.27. The molecule has 0 bridgehead atoms. The summed E-state index contributed by atoms with van der Waals surface area (Å²) in [6.07, 6.45) is 3.89. The van der Waals surface area contributed by atoms with Crippen LogP contribution in [0.25, 0.3) is 0 Å². The normalized spacial score (nSPS) is 22.3. The number of piperazine rings is 1. The van der Waals surface area contributed by atoms with Crippen molar-refractivity contribution in [2.75, 3.05) is 51.1 Å². The summed E-state index contributed by atoms with van der Waals surface area (Å²) in [7, 11) is 0. The average Bonchev–Trinajstić information content (AvgIpc) is 3.27. The molecule has 7 heteroatoms. The van der Waals surface area contributed by atoms with E-state index in [-0.39, 0.29) is 23.6 Å². The number of benzene rings is 1. The summed E-state index contributed by atoms with van der Waals surface area (Å²) in [6.45, 7) is 5.03. The van der Waals surface area contributed by atoms with Crippen molar-refractivity contribution >= 4 is 23.4 Å². The lowest BCUT2D eigenvalue weighted by atomic mass is 9.89. The Morgan fingerprint density at radius 1 is 0.931 bits per heavy atom. The van der Waals surface area contributed by atoms with Crippen molar-refractivity contribution < 1.29 is 14.4 Å². The van der Waals surface area contributed by atoms with Crippen molar-refractivity contribution in [3.05, 3.63) is 29.8 Å². The summed E-state index contributed by atoms with van der Waals surface area (Å²) in [5.41, 5.74) is 2.03. The Labute approximate surface area is 172 Å². The molecular weight excluding hydrogens is 368 g/mol. The highest BCUT2D eigenvalue weighted by Gasteiger charge is 2.29. The second-order valence-electron chi connectivity index (χ2n) is 8.33. The first-order valence-electron chi connectivity index (χ1n) is 10.8. The Bertz CT molecular complexity index is 767. The van der Waals surface area contributed by atoms with Gasteiger partial charge in [-0.15, -0.1) is 0 Å². The van der Waals surface area contributed by atoms with Crippen molar-refractivity contribution in [1.29, 1.82) is 0 Å². The molecule has 156 valence electrons. The molecule has 0 aliphatic carbocycles. The molecule has 0 spiro atoms. The molecular formula is C22H30N4O3. The van der Waals surface area contributed by atoms with Crippen LogP contribution in [-0.4, -0.2) is 78.2 Å². The molecule has 3 aliphatic heterocycles. The summed E-state index contributed by atoms with van der Waals surface area (Å²) in [5.74, 6) is 0.197. The summed E-state index contributed by atoms with van der Waals surface area (Å²) in [5, 5.41) is 2.95. The van der Waals surface area contributed by atoms with E-state index in [0.29, 0.717) is 38.9 Å². The van der Waals surface area contributed by atoms with E-state index in [0.717, 1.165) is 50.3 Å². The van der Waals surface area contributed by atoms with E-state index >= 15 is 0 Å². The number of amides is 3. The van der Waals surface area contributed by atoms with Crippen molar-refractivity contribution in [2.24, 2.45) is 5.92 Å².